The van der Waals surface area contributed by atoms with E-state index in [0.29, 0.717) is 25.9 Å². The van der Waals surface area contributed by atoms with Crippen LogP contribution in [0, 0.1) is 5.82 Å². The molecule has 0 aliphatic carbocycles. The van der Waals surface area contributed by atoms with Crippen molar-refractivity contribution in [1.29, 1.82) is 0 Å². The number of nitrogens with one attached hydrogen (secondary N) is 1. The van der Waals surface area contributed by atoms with Crippen LogP contribution in [-0.2, 0) is 14.8 Å². The van der Waals surface area contributed by atoms with Crippen molar-refractivity contribution in [2.45, 2.75) is 25.8 Å². The van der Waals surface area contributed by atoms with E-state index in [9.17, 15) is 17.6 Å². The van der Waals surface area contributed by atoms with Crippen molar-refractivity contribution in [3.63, 3.8) is 0 Å². The quantitative estimate of drug-likeness (QED) is 0.850. The molecule has 7 heteroatoms. The number of piperidine rings is 1. The van der Waals surface area contributed by atoms with Crippen LogP contribution >= 0.6 is 0 Å². The smallest absolute Gasteiger partial charge is 0.244 e. The van der Waals surface area contributed by atoms with Crippen LogP contribution in [0.5, 0.6) is 0 Å². The maximum absolute atomic E-state index is 12.9. The number of carbonyl (C=O) groups is 1. The summed E-state index contributed by atoms with van der Waals surface area (Å²) >= 11 is 0. The van der Waals surface area contributed by atoms with Crippen LogP contribution in [0.15, 0.2) is 30.3 Å². The Labute approximate surface area is 136 Å². The molecule has 1 N–H and O–H groups in total. The van der Waals surface area contributed by atoms with Gasteiger partial charge in [0, 0.05) is 25.2 Å². The molecule has 0 saturated carbocycles. The Morgan fingerprint density at radius 2 is 1.83 bits per heavy atom. The molecule has 2 rings (SSSR count). The Kier molecular flexibility index (Phi) is 5.54. The first-order valence-electron chi connectivity index (χ1n) is 7.45. The fourth-order valence-electron chi connectivity index (χ4n) is 2.57. The molecular formula is C16H21FN2O3S. The predicted molar refractivity (Wildman–Crippen MR) is 87.6 cm³/mol. The topological polar surface area (TPSA) is 66.5 Å². The Hall–Kier alpha value is -1.73. The van der Waals surface area contributed by atoms with Gasteiger partial charge in [-0.15, -0.1) is 0 Å². The molecule has 0 bridgehead atoms. The third-order valence-corrected chi connectivity index (χ3v) is 5.22. The molecule has 0 atom stereocenters. The van der Waals surface area contributed by atoms with Gasteiger partial charge in [0.05, 0.1) is 6.26 Å². The first-order valence-corrected chi connectivity index (χ1v) is 9.30. The van der Waals surface area contributed by atoms with Crippen molar-refractivity contribution in [2.75, 3.05) is 19.3 Å². The summed E-state index contributed by atoms with van der Waals surface area (Å²) in [7, 11) is -3.16. The Balaban J connectivity index is 1.90. The largest absolute Gasteiger partial charge is 0.350 e. The van der Waals surface area contributed by atoms with Crippen molar-refractivity contribution >= 4 is 21.5 Å². The minimum atomic E-state index is -3.16. The number of amides is 1. The van der Waals surface area contributed by atoms with Crippen LogP contribution in [0.3, 0.4) is 0 Å². The Morgan fingerprint density at radius 1 is 1.26 bits per heavy atom. The molecule has 1 heterocycles. The van der Waals surface area contributed by atoms with Gasteiger partial charge >= 0.3 is 0 Å². The molecule has 0 spiro atoms. The molecule has 0 aromatic heterocycles. The molecule has 0 unspecified atom stereocenters. The number of carbonyl (C=O) groups excluding carboxylic acids is 1. The predicted octanol–water partition coefficient (Wildman–Crippen LogP) is 1.77. The van der Waals surface area contributed by atoms with Gasteiger partial charge < -0.3 is 5.32 Å². The van der Waals surface area contributed by atoms with Crippen LogP contribution in [0.25, 0.3) is 5.57 Å². The van der Waals surface area contributed by atoms with Gasteiger partial charge in [-0.3, -0.25) is 4.79 Å². The van der Waals surface area contributed by atoms with E-state index in [0.717, 1.165) is 11.1 Å². The zero-order valence-corrected chi connectivity index (χ0v) is 14.1. The number of hydrogen-bond donors (Lipinski definition) is 1. The Morgan fingerprint density at radius 3 is 2.35 bits per heavy atom. The van der Waals surface area contributed by atoms with E-state index in [1.165, 1.54) is 28.8 Å². The van der Waals surface area contributed by atoms with Gasteiger partial charge in [0.25, 0.3) is 0 Å². The SMILES string of the molecule is C/C(=C\C(=O)NC1CCN(S(C)(=O)=O)CC1)c1ccc(F)cc1. The van der Waals surface area contributed by atoms with Crippen molar-refractivity contribution in [2.24, 2.45) is 0 Å². The van der Waals surface area contributed by atoms with E-state index in [-0.39, 0.29) is 17.8 Å². The van der Waals surface area contributed by atoms with Gasteiger partial charge in [0.15, 0.2) is 0 Å². The van der Waals surface area contributed by atoms with E-state index >= 15 is 0 Å². The van der Waals surface area contributed by atoms with Crippen molar-refractivity contribution in [1.82, 2.24) is 9.62 Å². The lowest BCUT2D eigenvalue weighted by atomic mass is 10.1. The number of rotatable bonds is 4. The summed E-state index contributed by atoms with van der Waals surface area (Å²) in [5.74, 6) is -0.534. The lowest BCUT2D eigenvalue weighted by Crippen LogP contribution is -2.45. The fraction of sp³-hybridized carbons (Fsp3) is 0.438. The number of allylic oxidation sites excluding steroid dienone is 1. The van der Waals surface area contributed by atoms with Crippen molar-refractivity contribution in [3.05, 3.63) is 41.7 Å². The highest BCUT2D eigenvalue weighted by Crippen LogP contribution is 2.15. The average molecular weight is 340 g/mol. The maximum Gasteiger partial charge on any atom is 0.244 e. The van der Waals surface area contributed by atoms with Gasteiger partial charge in [0.1, 0.15) is 5.82 Å². The average Bonchev–Trinajstić information content (AvgIpc) is 2.47. The summed E-state index contributed by atoms with van der Waals surface area (Å²) in [5.41, 5.74) is 1.53. The molecule has 1 aromatic carbocycles. The number of benzene rings is 1. The summed E-state index contributed by atoms with van der Waals surface area (Å²) in [6.45, 7) is 2.63. The highest BCUT2D eigenvalue weighted by atomic mass is 32.2. The van der Waals surface area contributed by atoms with Crippen LogP contribution in [-0.4, -0.2) is 44.0 Å². The van der Waals surface area contributed by atoms with Crippen LogP contribution < -0.4 is 5.32 Å². The number of halogens is 1. The molecule has 1 aliphatic rings. The number of sulfonamides is 1. The maximum atomic E-state index is 12.9. The lowest BCUT2D eigenvalue weighted by Gasteiger charge is -2.30. The number of nitrogens with zero attached hydrogens (tertiary/aromatic N) is 1. The first-order chi connectivity index (χ1) is 10.8. The summed E-state index contributed by atoms with van der Waals surface area (Å²) in [6, 6.07) is 5.92. The lowest BCUT2D eigenvalue weighted by molar-refractivity contribution is -0.117. The van der Waals surface area contributed by atoms with E-state index in [1.807, 2.05) is 0 Å². The second kappa shape index (κ2) is 7.23. The molecule has 1 aromatic rings. The summed E-state index contributed by atoms with van der Waals surface area (Å²) in [6.07, 6.45) is 3.88. The van der Waals surface area contributed by atoms with Crippen LogP contribution in [0.4, 0.5) is 4.39 Å². The molecule has 1 amide bonds. The standard InChI is InChI=1S/C16H21FN2O3S/c1-12(13-3-5-14(17)6-4-13)11-16(20)18-15-7-9-19(10-8-15)23(2,21)22/h3-6,11,15H,7-10H2,1-2H3,(H,18,20)/b12-11+. The first kappa shape index (κ1) is 17.6. The van der Waals surface area contributed by atoms with E-state index in [4.69, 9.17) is 0 Å². The summed E-state index contributed by atoms with van der Waals surface area (Å²) in [4.78, 5) is 12.0. The fourth-order valence-corrected chi connectivity index (χ4v) is 3.44. The summed E-state index contributed by atoms with van der Waals surface area (Å²) in [5, 5.41) is 2.89. The molecule has 1 aliphatic heterocycles. The van der Waals surface area contributed by atoms with Gasteiger partial charge in [-0.05, 0) is 43.0 Å². The molecule has 1 fully saturated rings. The minimum absolute atomic E-state index is 0.0298. The van der Waals surface area contributed by atoms with Gasteiger partial charge in [-0.25, -0.2) is 17.1 Å². The normalized spacial score (nSPS) is 18.0. The van der Waals surface area contributed by atoms with Gasteiger partial charge in [-0.1, -0.05) is 12.1 Å². The second-order valence-electron chi connectivity index (χ2n) is 5.78. The Bertz CT molecular complexity index is 691. The van der Waals surface area contributed by atoms with E-state index in [1.54, 1.807) is 19.1 Å². The van der Waals surface area contributed by atoms with E-state index < -0.39 is 10.0 Å². The third kappa shape index (κ3) is 5.14. The molecule has 23 heavy (non-hydrogen) atoms. The monoisotopic (exact) mass is 340 g/mol. The molecule has 126 valence electrons. The highest BCUT2D eigenvalue weighted by Gasteiger charge is 2.25. The van der Waals surface area contributed by atoms with E-state index in [2.05, 4.69) is 5.32 Å². The minimum Gasteiger partial charge on any atom is -0.350 e. The third-order valence-electron chi connectivity index (χ3n) is 3.92. The van der Waals surface area contributed by atoms with Gasteiger partial charge in [-0.2, -0.15) is 0 Å². The summed E-state index contributed by atoms with van der Waals surface area (Å²) < 4.78 is 37.2. The molecule has 5 nitrogen and oxygen atoms in total. The zero-order valence-electron chi connectivity index (χ0n) is 13.3. The van der Waals surface area contributed by atoms with Crippen molar-refractivity contribution < 1.29 is 17.6 Å². The molecule has 1 saturated heterocycles. The highest BCUT2D eigenvalue weighted by molar-refractivity contribution is 7.88. The van der Waals surface area contributed by atoms with Gasteiger partial charge in [0.2, 0.25) is 15.9 Å². The molecular weight excluding hydrogens is 319 g/mol. The second-order valence-corrected chi connectivity index (χ2v) is 7.76. The van der Waals surface area contributed by atoms with Crippen molar-refractivity contribution in [3.8, 4) is 0 Å². The number of hydrogen-bond acceptors (Lipinski definition) is 3. The molecule has 0 radical (unpaired) electrons. The zero-order chi connectivity index (χ0) is 17.0. The van der Waals surface area contributed by atoms with Crippen LogP contribution in [0.1, 0.15) is 25.3 Å². The van der Waals surface area contributed by atoms with Crippen LogP contribution in [0.2, 0.25) is 0 Å².